The summed E-state index contributed by atoms with van der Waals surface area (Å²) in [6, 6.07) is 49.0. The third kappa shape index (κ3) is 5.01. The lowest BCUT2D eigenvalue weighted by Crippen LogP contribution is -2.37. The Bertz CT molecular complexity index is 2600. The minimum Gasteiger partial charge on any atom is -0.310 e. The van der Waals surface area contributed by atoms with E-state index in [1.54, 1.807) is 6.08 Å². The first-order valence-electron chi connectivity index (χ1n) is 18.0. The highest BCUT2D eigenvalue weighted by atomic mass is 28.3. The molecule has 3 nitrogen and oxygen atoms in total. The summed E-state index contributed by atoms with van der Waals surface area (Å²) >= 11 is 0. The molecule has 0 fully saturated rings. The molecule has 252 valence electrons. The largest absolute Gasteiger partial charge is 0.310 e. The van der Waals surface area contributed by atoms with E-state index in [0.29, 0.717) is 11.1 Å². The molecule has 0 aromatic heterocycles. The standard InChI is InChI=1S/C48H39NO2Si/c1-48(2)42-12-8-9-13-43(42)49(36-20-15-31(16-21-36)32-17-22-37(23-18-32)52(3,4)5)44-25-19-35-26-30(14-24-38(35)45(44)48)27-41-46(50)39-28-33-10-6-7-11-34(33)29-40(39)47(41)51/h6-29H,1-5H3. The Morgan fingerprint density at radius 3 is 1.81 bits per heavy atom. The Hall–Kier alpha value is -5.84. The fraction of sp³-hybridized carbons (Fsp3) is 0.125. The second kappa shape index (κ2) is 11.6. The van der Waals surface area contributed by atoms with E-state index in [2.05, 4.69) is 135 Å². The number of allylic oxidation sites excluding steroid dienone is 1. The number of carbonyl (C=O) groups excluding carboxylic acids is 2. The molecule has 0 amide bonds. The maximum Gasteiger partial charge on any atom is 0.197 e. The molecule has 0 unspecified atom stereocenters. The van der Waals surface area contributed by atoms with Gasteiger partial charge >= 0.3 is 0 Å². The molecule has 1 aliphatic heterocycles. The van der Waals surface area contributed by atoms with Crippen LogP contribution in [-0.4, -0.2) is 19.6 Å². The number of carbonyl (C=O) groups is 2. The van der Waals surface area contributed by atoms with Crippen molar-refractivity contribution in [2.45, 2.75) is 38.9 Å². The van der Waals surface area contributed by atoms with E-state index >= 15 is 0 Å². The summed E-state index contributed by atoms with van der Waals surface area (Å²) in [5.41, 5.74) is 10.1. The van der Waals surface area contributed by atoms with Crippen molar-refractivity contribution >= 4 is 69.5 Å². The molecular weight excluding hydrogens is 651 g/mol. The normalized spacial score (nSPS) is 14.8. The van der Waals surface area contributed by atoms with E-state index in [0.717, 1.165) is 38.5 Å². The average molecular weight is 690 g/mol. The number of Topliss-reactive ketones (excluding diaryl/α,β-unsaturated/α-hetero) is 2. The zero-order valence-electron chi connectivity index (χ0n) is 30.1. The molecule has 0 saturated heterocycles. The molecule has 0 spiro atoms. The molecule has 0 saturated carbocycles. The molecule has 0 bridgehead atoms. The van der Waals surface area contributed by atoms with Gasteiger partial charge in [0.1, 0.15) is 0 Å². The van der Waals surface area contributed by atoms with Crippen LogP contribution in [-0.2, 0) is 5.41 Å². The van der Waals surface area contributed by atoms with Crippen LogP contribution in [0.25, 0.3) is 38.7 Å². The highest BCUT2D eigenvalue weighted by Gasteiger charge is 2.38. The van der Waals surface area contributed by atoms with Crippen LogP contribution in [0.4, 0.5) is 17.1 Å². The molecule has 0 atom stereocenters. The van der Waals surface area contributed by atoms with Gasteiger partial charge in [-0.05, 0) is 97.9 Å². The highest BCUT2D eigenvalue weighted by Crippen LogP contribution is 2.54. The van der Waals surface area contributed by atoms with Crippen LogP contribution in [0.5, 0.6) is 0 Å². The van der Waals surface area contributed by atoms with Gasteiger partial charge in [0.2, 0.25) is 0 Å². The van der Waals surface area contributed by atoms with Crippen LogP contribution in [0.15, 0.2) is 145 Å². The van der Waals surface area contributed by atoms with E-state index < -0.39 is 8.07 Å². The molecule has 1 heterocycles. The van der Waals surface area contributed by atoms with Gasteiger partial charge in [-0.1, -0.05) is 136 Å². The molecule has 1 aliphatic carbocycles. The van der Waals surface area contributed by atoms with E-state index in [-0.39, 0.29) is 22.6 Å². The van der Waals surface area contributed by atoms with Gasteiger partial charge in [-0.3, -0.25) is 9.59 Å². The van der Waals surface area contributed by atoms with Crippen molar-refractivity contribution in [3.63, 3.8) is 0 Å². The van der Waals surface area contributed by atoms with Gasteiger partial charge in [-0.25, -0.2) is 0 Å². The first kappa shape index (κ1) is 32.1. The Labute approximate surface area is 305 Å². The number of anilines is 3. The number of ketones is 2. The zero-order chi connectivity index (χ0) is 35.9. The van der Waals surface area contributed by atoms with Gasteiger partial charge in [0, 0.05) is 22.2 Å². The number of hydrogen-bond donors (Lipinski definition) is 0. The summed E-state index contributed by atoms with van der Waals surface area (Å²) in [4.78, 5) is 29.5. The van der Waals surface area contributed by atoms with Gasteiger partial charge in [-0.15, -0.1) is 0 Å². The number of nitrogens with zero attached hydrogens (tertiary/aromatic N) is 1. The monoisotopic (exact) mass is 689 g/mol. The summed E-state index contributed by atoms with van der Waals surface area (Å²) in [7, 11) is -1.36. The van der Waals surface area contributed by atoms with Crippen LogP contribution < -0.4 is 10.1 Å². The molecule has 0 radical (unpaired) electrons. The molecule has 0 N–H and O–H groups in total. The molecule has 2 aliphatic rings. The van der Waals surface area contributed by atoms with Crippen LogP contribution in [0.1, 0.15) is 51.3 Å². The van der Waals surface area contributed by atoms with E-state index in [1.807, 2.05) is 42.5 Å². The predicted molar refractivity (Wildman–Crippen MR) is 220 cm³/mol. The molecule has 9 rings (SSSR count). The second-order valence-corrected chi connectivity index (χ2v) is 20.8. The average Bonchev–Trinajstić information content (AvgIpc) is 3.37. The molecule has 4 heteroatoms. The number of benzene rings is 7. The summed E-state index contributed by atoms with van der Waals surface area (Å²) in [6.45, 7) is 11.8. The summed E-state index contributed by atoms with van der Waals surface area (Å²) in [5, 5.41) is 5.61. The van der Waals surface area contributed by atoms with E-state index in [1.165, 1.54) is 33.1 Å². The molecule has 7 aromatic rings. The van der Waals surface area contributed by atoms with Crippen molar-refractivity contribution in [2.75, 3.05) is 4.90 Å². The number of rotatable bonds is 4. The van der Waals surface area contributed by atoms with E-state index in [4.69, 9.17) is 0 Å². The fourth-order valence-electron chi connectivity index (χ4n) is 8.28. The molecule has 7 aromatic carbocycles. The van der Waals surface area contributed by atoms with Gasteiger partial charge in [0.25, 0.3) is 0 Å². The summed E-state index contributed by atoms with van der Waals surface area (Å²) in [6.07, 6.45) is 1.77. The van der Waals surface area contributed by atoms with Crippen LogP contribution in [0, 0.1) is 0 Å². The fourth-order valence-corrected chi connectivity index (χ4v) is 9.45. The summed E-state index contributed by atoms with van der Waals surface area (Å²) in [5.74, 6) is -0.418. The first-order valence-corrected chi connectivity index (χ1v) is 21.5. The van der Waals surface area contributed by atoms with E-state index in [9.17, 15) is 9.59 Å². The van der Waals surface area contributed by atoms with Crippen molar-refractivity contribution in [2.24, 2.45) is 0 Å². The Morgan fingerprint density at radius 1 is 0.577 bits per heavy atom. The van der Waals surface area contributed by atoms with Crippen molar-refractivity contribution in [3.8, 4) is 11.1 Å². The van der Waals surface area contributed by atoms with Gasteiger partial charge in [0.05, 0.1) is 25.0 Å². The van der Waals surface area contributed by atoms with Crippen molar-refractivity contribution in [3.05, 3.63) is 173 Å². The van der Waals surface area contributed by atoms with Gasteiger partial charge in [-0.2, -0.15) is 0 Å². The predicted octanol–water partition coefficient (Wildman–Crippen LogP) is 11.8. The Morgan fingerprint density at radius 2 is 1.17 bits per heavy atom. The van der Waals surface area contributed by atoms with Crippen LogP contribution in [0.2, 0.25) is 19.6 Å². The number of fused-ring (bicyclic) bond motifs is 6. The third-order valence-corrected chi connectivity index (χ3v) is 13.2. The lowest BCUT2D eigenvalue weighted by atomic mass is 9.71. The Kier molecular flexibility index (Phi) is 7.15. The second-order valence-electron chi connectivity index (χ2n) is 15.8. The molecular formula is C48H39NO2Si. The SMILES string of the molecule is CC1(C)c2ccccc2N(c2ccc(-c3ccc([Si](C)(C)C)cc3)cc2)c2ccc3cc(C=C4C(=O)c5cc6ccccc6cc5C4=O)ccc3c21. The van der Waals surface area contributed by atoms with Crippen LogP contribution >= 0.6 is 0 Å². The zero-order valence-corrected chi connectivity index (χ0v) is 31.1. The number of hydrogen-bond acceptors (Lipinski definition) is 3. The lowest BCUT2D eigenvalue weighted by molar-refractivity contribution is 0.0990. The molecule has 52 heavy (non-hydrogen) atoms. The van der Waals surface area contributed by atoms with Crippen molar-refractivity contribution < 1.29 is 9.59 Å². The summed E-state index contributed by atoms with van der Waals surface area (Å²) < 4.78 is 0. The minimum absolute atomic E-state index is 0.209. The topological polar surface area (TPSA) is 37.4 Å². The van der Waals surface area contributed by atoms with Gasteiger partial charge < -0.3 is 4.90 Å². The van der Waals surface area contributed by atoms with Crippen molar-refractivity contribution in [1.82, 2.24) is 0 Å². The quantitative estimate of drug-likeness (QED) is 0.105. The minimum atomic E-state index is -1.36. The maximum atomic E-state index is 13.5. The Balaban J connectivity index is 1.11. The highest BCUT2D eigenvalue weighted by molar-refractivity contribution is 6.88. The number of para-hydroxylation sites is 1. The van der Waals surface area contributed by atoms with Crippen LogP contribution in [0.3, 0.4) is 0 Å². The lowest BCUT2D eigenvalue weighted by Gasteiger charge is -2.42. The smallest absolute Gasteiger partial charge is 0.197 e. The van der Waals surface area contributed by atoms with Gasteiger partial charge in [0.15, 0.2) is 11.6 Å². The first-order chi connectivity index (χ1) is 25.0. The van der Waals surface area contributed by atoms with Crippen molar-refractivity contribution in [1.29, 1.82) is 0 Å². The third-order valence-electron chi connectivity index (χ3n) is 11.1. The maximum absolute atomic E-state index is 13.5.